The van der Waals surface area contributed by atoms with E-state index >= 15 is 0 Å². The van der Waals surface area contributed by atoms with Crippen LogP contribution >= 0.6 is 0 Å². The van der Waals surface area contributed by atoms with Crippen molar-refractivity contribution in [1.82, 2.24) is 0 Å². The van der Waals surface area contributed by atoms with Crippen LogP contribution in [-0.4, -0.2) is 11.9 Å². The lowest BCUT2D eigenvalue weighted by Gasteiger charge is -2.07. The first kappa shape index (κ1) is 17.0. The number of rotatable bonds is 4. The number of anilines is 2. The predicted molar refractivity (Wildman–Crippen MR) is 98.1 cm³/mol. The highest BCUT2D eigenvalue weighted by Crippen LogP contribution is 2.18. The lowest BCUT2D eigenvalue weighted by atomic mass is 10.2. The lowest BCUT2D eigenvalue weighted by Crippen LogP contribution is -2.10. The molecule has 130 valence electrons. The highest BCUT2D eigenvalue weighted by Gasteiger charge is 2.11. The van der Waals surface area contributed by atoms with Crippen molar-refractivity contribution in [2.45, 2.75) is 0 Å². The van der Waals surface area contributed by atoms with Crippen molar-refractivity contribution in [3.8, 4) is 11.5 Å². The van der Waals surface area contributed by atoms with Crippen molar-refractivity contribution in [2.75, 3.05) is 11.5 Å². The predicted octanol–water partition coefficient (Wildman–Crippen LogP) is 3.29. The van der Waals surface area contributed by atoms with Gasteiger partial charge in [0.05, 0.1) is 11.1 Å². The van der Waals surface area contributed by atoms with Crippen molar-refractivity contribution >= 4 is 23.3 Å². The number of benzene rings is 3. The molecule has 0 amide bonds. The van der Waals surface area contributed by atoms with Gasteiger partial charge in [-0.3, -0.25) is 0 Å². The summed E-state index contributed by atoms with van der Waals surface area (Å²) < 4.78 is 10.5. The molecule has 6 nitrogen and oxygen atoms in total. The molecular formula is C20H16N2O4. The van der Waals surface area contributed by atoms with Gasteiger partial charge in [-0.05, 0) is 66.7 Å². The zero-order valence-corrected chi connectivity index (χ0v) is 13.7. The molecule has 6 heteroatoms. The van der Waals surface area contributed by atoms with Crippen LogP contribution in [0.4, 0.5) is 11.4 Å². The van der Waals surface area contributed by atoms with Crippen LogP contribution in [0.1, 0.15) is 20.7 Å². The molecule has 26 heavy (non-hydrogen) atoms. The zero-order valence-electron chi connectivity index (χ0n) is 13.7. The third kappa shape index (κ3) is 4.18. The van der Waals surface area contributed by atoms with E-state index in [2.05, 4.69) is 0 Å². The Kier molecular flexibility index (Phi) is 4.85. The van der Waals surface area contributed by atoms with Crippen LogP contribution in [0.5, 0.6) is 11.5 Å². The minimum atomic E-state index is -0.533. The van der Waals surface area contributed by atoms with Crippen LogP contribution < -0.4 is 20.9 Å². The number of nitrogens with two attached hydrogens (primary N) is 2. The van der Waals surface area contributed by atoms with E-state index in [-0.39, 0.29) is 0 Å². The Hall–Kier alpha value is -3.80. The summed E-state index contributed by atoms with van der Waals surface area (Å²) in [6, 6.07) is 19.0. The van der Waals surface area contributed by atoms with Gasteiger partial charge in [-0.1, -0.05) is 6.07 Å². The monoisotopic (exact) mass is 348 g/mol. The van der Waals surface area contributed by atoms with Crippen molar-refractivity contribution in [3.63, 3.8) is 0 Å². The molecule has 0 spiro atoms. The van der Waals surface area contributed by atoms with Gasteiger partial charge in [-0.25, -0.2) is 9.59 Å². The molecule has 0 atom stereocenters. The smallest absolute Gasteiger partial charge is 0.343 e. The molecule has 0 fully saturated rings. The van der Waals surface area contributed by atoms with E-state index in [0.29, 0.717) is 34.0 Å². The summed E-state index contributed by atoms with van der Waals surface area (Å²) >= 11 is 0. The number of ether oxygens (including phenoxy) is 2. The summed E-state index contributed by atoms with van der Waals surface area (Å²) in [6.45, 7) is 0. The normalized spacial score (nSPS) is 10.2. The second kappa shape index (κ2) is 7.40. The number of carbonyl (C=O) groups is 2. The third-order valence-corrected chi connectivity index (χ3v) is 3.51. The number of carbonyl (C=O) groups excluding carboxylic acids is 2. The van der Waals surface area contributed by atoms with Crippen LogP contribution in [0.25, 0.3) is 0 Å². The van der Waals surface area contributed by atoms with Gasteiger partial charge in [-0.2, -0.15) is 0 Å². The summed E-state index contributed by atoms with van der Waals surface area (Å²) in [6.07, 6.45) is 0. The zero-order chi connectivity index (χ0) is 18.5. The van der Waals surface area contributed by atoms with Gasteiger partial charge in [0.25, 0.3) is 0 Å². The highest BCUT2D eigenvalue weighted by atomic mass is 16.5. The van der Waals surface area contributed by atoms with Gasteiger partial charge < -0.3 is 20.9 Å². The molecule has 0 aliphatic carbocycles. The third-order valence-electron chi connectivity index (χ3n) is 3.51. The maximum atomic E-state index is 12.1. The fourth-order valence-corrected chi connectivity index (χ4v) is 2.19. The highest BCUT2D eigenvalue weighted by molar-refractivity contribution is 5.93. The lowest BCUT2D eigenvalue weighted by molar-refractivity contribution is 0.0730. The molecule has 0 bridgehead atoms. The summed E-state index contributed by atoms with van der Waals surface area (Å²) in [5, 5.41) is 0. The number of hydrogen-bond acceptors (Lipinski definition) is 6. The standard InChI is InChI=1S/C20H16N2O4/c21-15-6-10-18(11-7-15)25-19(23)13-4-8-17(9-5-13)26-20(24)14-2-1-3-16(22)12-14/h1-12H,21-22H2. The van der Waals surface area contributed by atoms with E-state index in [4.69, 9.17) is 20.9 Å². The molecule has 3 rings (SSSR count). The molecule has 0 saturated heterocycles. The van der Waals surface area contributed by atoms with Gasteiger partial charge in [0.2, 0.25) is 0 Å². The average Bonchev–Trinajstić information content (AvgIpc) is 2.64. The quantitative estimate of drug-likeness (QED) is 0.426. The number of hydrogen-bond donors (Lipinski definition) is 2. The van der Waals surface area contributed by atoms with Crippen LogP contribution in [0.3, 0.4) is 0 Å². The maximum Gasteiger partial charge on any atom is 0.343 e. The first-order valence-corrected chi connectivity index (χ1v) is 7.77. The van der Waals surface area contributed by atoms with E-state index < -0.39 is 11.9 Å². The Bertz CT molecular complexity index is 935. The van der Waals surface area contributed by atoms with Crippen molar-refractivity contribution in [3.05, 3.63) is 83.9 Å². The van der Waals surface area contributed by atoms with Crippen molar-refractivity contribution in [1.29, 1.82) is 0 Å². The Morgan fingerprint density at radius 2 is 1.15 bits per heavy atom. The molecule has 3 aromatic carbocycles. The van der Waals surface area contributed by atoms with E-state index in [9.17, 15) is 9.59 Å². The van der Waals surface area contributed by atoms with Gasteiger partial charge in [0.15, 0.2) is 0 Å². The minimum absolute atomic E-state index is 0.307. The SMILES string of the molecule is Nc1ccc(OC(=O)c2ccc(OC(=O)c3cccc(N)c3)cc2)cc1. The van der Waals surface area contributed by atoms with Crippen molar-refractivity contribution in [2.24, 2.45) is 0 Å². The van der Waals surface area contributed by atoms with E-state index in [1.54, 1.807) is 42.5 Å². The van der Waals surface area contributed by atoms with Gasteiger partial charge in [-0.15, -0.1) is 0 Å². The van der Waals surface area contributed by atoms with Crippen LogP contribution in [0.2, 0.25) is 0 Å². The number of esters is 2. The topological polar surface area (TPSA) is 105 Å². The molecule has 0 radical (unpaired) electrons. The van der Waals surface area contributed by atoms with E-state index in [1.165, 1.54) is 30.3 Å². The molecule has 0 aliphatic rings. The first-order valence-electron chi connectivity index (χ1n) is 7.77. The molecule has 4 N–H and O–H groups in total. The van der Waals surface area contributed by atoms with Gasteiger partial charge in [0.1, 0.15) is 11.5 Å². The maximum absolute atomic E-state index is 12.1. The summed E-state index contributed by atoms with van der Waals surface area (Å²) in [5.74, 6) is -0.360. The molecular weight excluding hydrogens is 332 g/mol. The Morgan fingerprint density at radius 3 is 1.73 bits per heavy atom. The molecule has 0 heterocycles. The summed E-state index contributed by atoms with van der Waals surface area (Å²) in [7, 11) is 0. The van der Waals surface area contributed by atoms with Crippen molar-refractivity contribution < 1.29 is 19.1 Å². The summed E-state index contributed by atoms with van der Waals surface area (Å²) in [4.78, 5) is 24.2. The van der Waals surface area contributed by atoms with E-state index in [0.717, 1.165) is 0 Å². The number of nitrogen functional groups attached to an aromatic ring is 2. The Balaban J connectivity index is 1.65. The van der Waals surface area contributed by atoms with E-state index in [1.807, 2.05) is 0 Å². The largest absolute Gasteiger partial charge is 0.423 e. The minimum Gasteiger partial charge on any atom is -0.423 e. The summed E-state index contributed by atoms with van der Waals surface area (Å²) in [5.41, 5.74) is 13.0. The molecule has 0 aromatic heterocycles. The Labute approximate surface area is 150 Å². The van der Waals surface area contributed by atoms with Crippen LogP contribution in [-0.2, 0) is 0 Å². The fraction of sp³-hybridized carbons (Fsp3) is 0. The molecule has 3 aromatic rings. The molecule has 0 aliphatic heterocycles. The fourth-order valence-electron chi connectivity index (χ4n) is 2.19. The van der Waals surface area contributed by atoms with Crippen LogP contribution in [0.15, 0.2) is 72.8 Å². The molecule has 0 saturated carbocycles. The Morgan fingerprint density at radius 1 is 0.615 bits per heavy atom. The molecule has 0 unspecified atom stereocenters. The van der Waals surface area contributed by atoms with Crippen LogP contribution in [0, 0.1) is 0 Å². The second-order valence-corrected chi connectivity index (χ2v) is 5.50. The van der Waals surface area contributed by atoms with Gasteiger partial charge >= 0.3 is 11.9 Å². The average molecular weight is 348 g/mol. The van der Waals surface area contributed by atoms with Gasteiger partial charge in [0, 0.05) is 11.4 Å². The second-order valence-electron chi connectivity index (χ2n) is 5.50. The first-order chi connectivity index (χ1) is 12.5.